The molecular weight excluding hydrogens is 316 g/mol. The molecule has 2 amide bonds. The predicted octanol–water partition coefficient (Wildman–Crippen LogP) is 3.86. The molecule has 0 aromatic heterocycles. The maximum Gasteiger partial charge on any atom is 0.319 e. The molecule has 0 aliphatic heterocycles. The molecule has 2 rings (SSSR count). The average molecular weight is 335 g/mol. The molecule has 2 aromatic rings. The van der Waals surface area contributed by atoms with Crippen LogP contribution in [-0.4, -0.2) is 26.3 Å². The molecule has 0 heterocycles. The lowest BCUT2D eigenvalue weighted by molar-refractivity contribution is 0.247. The normalized spacial score (nSPS) is 10.0. The summed E-state index contributed by atoms with van der Waals surface area (Å²) in [6.45, 7) is 2.67. The molecule has 0 aliphatic rings. The molecule has 0 saturated heterocycles. The van der Waals surface area contributed by atoms with Crippen LogP contribution >= 0.6 is 11.6 Å². The zero-order chi connectivity index (χ0) is 16.7. The summed E-state index contributed by atoms with van der Waals surface area (Å²) in [4.78, 5) is 11.8. The SMILES string of the molecule is COc1cccc(NC(=O)NCCOc2ccc(Cl)c(C)c2)c1. The van der Waals surface area contributed by atoms with Crippen molar-refractivity contribution < 1.29 is 14.3 Å². The Hall–Kier alpha value is -2.40. The topological polar surface area (TPSA) is 59.6 Å². The van der Waals surface area contributed by atoms with E-state index in [1.54, 1.807) is 37.4 Å². The number of nitrogens with one attached hydrogen (secondary N) is 2. The number of aryl methyl sites for hydroxylation is 1. The predicted molar refractivity (Wildman–Crippen MR) is 91.7 cm³/mol. The number of methoxy groups -OCH3 is 1. The van der Waals surface area contributed by atoms with Crippen molar-refractivity contribution in [3.05, 3.63) is 53.1 Å². The Kier molecular flexibility index (Phi) is 6.11. The van der Waals surface area contributed by atoms with E-state index in [1.165, 1.54) is 0 Å². The van der Waals surface area contributed by atoms with E-state index < -0.39 is 0 Å². The summed E-state index contributed by atoms with van der Waals surface area (Å²) >= 11 is 5.95. The van der Waals surface area contributed by atoms with Crippen molar-refractivity contribution >= 4 is 23.3 Å². The Balaban J connectivity index is 1.73. The van der Waals surface area contributed by atoms with Gasteiger partial charge < -0.3 is 20.1 Å². The van der Waals surface area contributed by atoms with E-state index >= 15 is 0 Å². The van der Waals surface area contributed by atoms with Crippen molar-refractivity contribution in [1.82, 2.24) is 5.32 Å². The van der Waals surface area contributed by atoms with Gasteiger partial charge in [0.05, 0.1) is 13.7 Å². The van der Waals surface area contributed by atoms with Gasteiger partial charge in [-0.05, 0) is 42.8 Å². The molecule has 0 saturated carbocycles. The van der Waals surface area contributed by atoms with Gasteiger partial charge in [-0.3, -0.25) is 0 Å². The second kappa shape index (κ2) is 8.29. The van der Waals surface area contributed by atoms with Crippen LogP contribution in [-0.2, 0) is 0 Å². The quantitative estimate of drug-likeness (QED) is 0.789. The van der Waals surface area contributed by atoms with Crippen molar-refractivity contribution in [1.29, 1.82) is 0 Å². The van der Waals surface area contributed by atoms with Gasteiger partial charge in [0.1, 0.15) is 18.1 Å². The fraction of sp³-hybridized carbons (Fsp3) is 0.235. The summed E-state index contributed by atoms with van der Waals surface area (Å²) in [5, 5.41) is 6.15. The molecule has 5 nitrogen and oxygen atoms in total. The average Bonchev–Trinajstić information content (AvgIpc) is 2.55. The van der Waals surface area contributed by atoms with Gasteiger partial charge in [0.2, 0.25) is 0 Å². The summed E-state index contributed by atoms with van der Waals surface area (Å²) in [6, 6.07) is 12.3. The first-order valence-electron chi connectivity index (χ1n) is 7.16. The molecular formula is C17H19ClN2O3. The fourth-order valence-electron chi connectivity index (χ4n) is 1.92. The van der Waals surface area contributed by atoms with E-state index in [-0.39, 0.29) is 6.03 Å². The third kappa shape index (κ3) is 5.38. The van der Waals surface area contributed by atoms with Crippen LogP contribution in [0, 0.1) is 6.92 Å². The number of hydrogen-bond donors (Lipinski definition) is 2. The van der Waals surface area contributed by atoms with E-state index in [4.69, 9.17) is 21.1 Å². The van der Waals surface area contributed by atoms with Crippen LogP contribution in [0.5, 0.6) is 11.5 Å². The second-order valence-corrected chi connectivity index (χ2v) is 5.28. The van der Waals surface area contributed by atoms with Crippen LogP contribution in [0.25, 0.3) is 0 Å². The van der Waals surface area contributed by atoms with E-state index in [2.05, 4.69) is 10.6 Å². The number of hydrogen-bond acceptors (Lipinski definition) is 3. The summed E-state index contributed by atoms with van der Waals surface area (Å²) < 4.78 is 10.7. The Bertz CT molecular complexity index is 677. The third-order valence-corrected chi connectivity index (χ3v) is 3.54. The molecule has 0 unspecified atom stereocenters. The van der Waals surface area contributed by atoms with Gasteiger partial charge in [-0.25, -0.2) is 4.79 Å². The number of carbonyl (C=O) groups is 1. The Labute approximate surface area is 140 Å². The van der Waals surface area contributed by atoms with Crippen molar-refractivity contribution in [3.8, 4) is 11.5 Å². The van der Waals surface area contributed by atoms with Crippen molar-refractivity contribution in [2.24, 2.45) is 0 Å². The summed E-state index contributed by atoms with van der Waals surface area (Å²) in [5.74, 6) is 1.41. The van der Waals surface area contributed by atoms with Crippen LogP contribution < -0.4 is 20.1 Å². The van der Waals surface area contributed by atoms with Gasteiger partial charge in [-0.15, -0.1) is 0 Å². The molecule has 6 heteroatoms. The first kappa shape index (κ1) is 17.0. The molecule has 0 radical (unpaired) electrons. The van der Waals surface area contributed by atoms with Gasteiger partial charge in [-0.1, -0.05) is 17.7 Å². The van der Waals surface area contributed by atoms with E-state index in [1.807, 2.05) is 19.1 Å². The first-order chi connectivity index (χ1) is 11.1. The highest BCUT2D eigenvalue weighted by Gasteiger charge is 2.03. The third-order valence-electron chi connectivity index (χ3n) is 3.11. The zero-order valence-corrected chi connectivity index (χ0v) is 13.8. The van der Waals surface area contributed by atoms with E-state index in [9.17, 15) is 4.79 Å². The number of rotatable bonds is 6. The summed E-state index contributed by atoms with van der Waals surface area (Å²) in [5.41, 5.74) is 1.61. The fourth-order valence-corrected chi connectivity index (χ4v) is 2.03. The highest BCUT2D eigenvalue weighted by atomic mass is 35.5. The number of halogens is 1. The minimum Gasteiger partial charge on any atom is -0.497 e. The van der Waals surface area contributed by atoms with E-state index in [0.717, 1.165) is 11.3 Å². The lowest BCUT2D eigenvalue weighted by Crippen LogP contribution is -2.32. The second-order valence-electron chi connectivity index (χ2n) is 4.87. The Morgan fingerprint density at radius 2 is 2.00 bits per heavy atom. The first-order valence-corrected chi connectivity index (χ1v) is 7.54. The molecule has 0 aliphatic carbocycles. The van der Waals surface area contributed by atoms with E-state index in [0.29, 0.717) is 29.6 Å². The van der Waals surface area contributed by atoms with Gasteiger partial charge in [-0.2, -0.15) is 0 Å². The number of amides is 2. The van der Waals surface area contributed by atoms with Crippen LogP contribution in [0.3, 0.4) is 0 Å². The van der Waals surface area contributed by atoms with Gasteiger partial charge in [0.15, 0.2) is 0 Å². The number of benzene rings is 2. The van der Waals surface area contributed by atoms with Crippen molar-refractivity contribution in [2.45, 2.75) is 6.92 Å². The molecule has 0 fully saturated rings. The number of urea groups is 1. The Morgan fingerprint density at radius 1 is 1.17 bits per heavy atom. The monoisotopic (exact) mass is 334 g/mol. The number of ether oxygens (including phenoxy) is 2. The lowest BCUT2D eigenvalue weighted by Gasteiger charge is -2.10. The summed E-state index contributed by atoms with van der Waals surface area (Å²) in [7, 11) is 1.58. The highest BCUT2D eigenvalue weighted by Crippen LogP contribution is 2.20. The van der Waals surface area contributed by atoms with Crippen molar-refractivity contribution in [3.63, 3.8) is 0 Å². The van der Waals surface area contributed by atoms with Crippen LogP contribution in [0.1, 0.15) is 5.56 Å². The highest BCUT2D eigenvalue weighted by molar-refractivity contribution is 6.31. The zero-order valence-electron chi connectivity index (χ0n) is 13.1. The minimum atomic E-state index is -0.297. The maximum absolute atomic E-state index is 11.8. The molecule has 122 valence electrons. The van der Waals surface area contributed by atoms with Gasteiger partial charge in [0, 0.05) is 16.8 Å². The van der Waals surface area contributed by atoms with Gasteiger partial charge in [0.25, 0.3) is 0 Å². The maximum atomic E-state index is 11.8. The molecule has 2 aromatic carbocycles. The number of anilines is 1. The molecule has 23 heavy (non-hydrogen) atoms. The minimum absolute atomic E-state index is 0.297. The van der Waals surface area contributed by atoms with Crippen molar-refractivity contribution in [2.75, 3.05) is 25.6 Å². The molecule has 0 atom stereocenters. The smallest absolute Gasteiger partial charge is 0.319 e. The number of carbonyl (C=O) groups excluding carboxylic acids is 1. The van der Waals surface area contributed by atoms with Crippen LogP contribution in [0.15, 0.2) is 42.5 Å². The summed E-state index contributed by atoms with van der Waals surface area (Å²) in [6.07, 6.45) is 0. The lowest BCUT2D eigenvalue weighted by atomic mass is 10.2. The Morgan fingerprint density at radius 3 is 2.74 bits per heavy atom. The van der Waals surface area contributed by atoms with Crippen LogP contribution in [0.2, 0.25) is 5.02 Å². The van der Waals surface area contributed by atoms with Crippen LogP contribution in [0.4, 0.5) is 10.5 Å². The largest absolute Gasteiger partial charge is 0.497 e. The standard InChI is InChI=1S/C17H19ClN2O3/c1-12-10-15(6-7-16(12)18)23-9-8-19-17(21)20-13-4-3-5-14(11-13)22-2/h3-7,10-11H,8-9H2,1-2H3,(H2,19,20,21). The molecule has 0 bridgehead atoms. The van der Waals surface area contributed by atoms with Gasteiger partial charge >= 0.3 is 6.03 Å². The molecule has 0 spiro atoms. The molecule has 2 N–H and O–H groups in total.